The van der Waals surface area contributed by atoms with Crippen molar-refractivity contribution in [2.24, 2.45) is 5.92 Å². The van der Waals surface area contributed by atoms with E-state index in [9.17, 15) is 19.2 Å². The molecule has 2 aromatic heterocycles. The second-order valence-electron chi connectivity index (χ2n) is 11.5. The van der Waals surface area contributed by atoms with Gasteiger partial charge in [-0.15, -0.1) is 10.2 Å². The molecule has 2 amide bonds. The van der Waals surface area contributed by atoms with Crippen LogP contribution in [0.15, 0.2) is 70.0 Å². The molecule has 236 valence electrons. The van der Waals surface area contributed by atoms with Gasteiger partial charge in [-0.25, -0.2) is 9.78 Å². The van der Waals surface area contributed by atoms with E-state index in [1.807, 2.05) is 63.2 Å². The molecule has 1 atom stereocenters. The molecule has 2 N–H and O–H groups in total. The molecule has 0 saturated heterocycles. The van der Waals surface area contributed by atoms with Crippen molar-refractivity contribution >= 4 is 29.3 Å². The van der Waals surface area contributed by atoms with Gasteiger partial charge in [0.15, 0.2) is 0 Å². The van der Waals surface area contributed by atoms with Gasteiger partial charge in [0, 0.05) is 19.8 Å². The van der Waals surface area contributed by atoms with E-state index < -0.39 is 41.3 Å². The lowest BCUT2D eigenvalue weighted by Crippen LogP contribution is -2.46. The van der Waals surface area contributed by atoms with E-state index >= 15 is 0 Å². The minimum absolute atomic E-state index is 0.238. The molecule has 2 aromatic carbocycles. The molecule has 0 aliphatic heterocycles. The van der Waals surface area contributed by atoms with E-state index in [0.717, 1.165) is 18.4 Å². The van der Waals surface area contributed by atoms with Crippen LogP contribution in [0.5, 0.6) is 0 Å². The van der Waals surface area contributed by atoms with E-state index in [1.54, 1.807) is 38.1 Å². The zero-order valence-corrected chi connectivity index (χ0v) is 26.3. The quantitative estimate of drug-likeness (QED) is 0.237. The maximum Gasteiger partial charge on any atom is 0.412 e. The van der Waals surface area contributed by atoms with E-state index in [0.29, 0.717) is 11.3 Å². The highest BCUT2D eigenvalue weighted by Gasteiger charge is 2.34. The number of hydrogen-bond donors (Lipinski definition) is 2. The number of benzene rings is 2. The molecule has 4 aromatic rings. The first kappa shape index (κ1) is 32.6. The highest BCUT2D eigenvalue weighted by Crippen LogP contribution is 2.32. The van der Waals surface area contributed by atoms with Gasteiger partial charge in [-0.3, -0.25) is 24.3 Å². The lowest BCUT2D eigenvalue weighted by Gasteiger charge is -2.22. The molecule has 13 heteroatoms. The van der Waals surface area contributed by atoms with Crippen molar-refractivity contribution in [3.05, 3.63) is 88.5 Å². The Morgan fingerprint density at radius 3 is 2.29 bits per heavy atom. The number of ether oxygens (including phenoxy) is 1. The van der Waals surface area contributed by atoms with E-state index in [2.05, 4.69) is 30.6 Å². The largest absolute Gasteiger partial charge is 0.453 e. The average molecular weight is 616 g/mol. The van der Waals surface area contributed by atoms with Crippen molar-refractivity contribution < 1.29 is 23.5 Å². The molecular weight excluding hydrogens is 578 g/mol. The summed E-state index contributed by atoms with van der Waals surface area (Å²) in [4.78, 5) is 58.1. The molecule has 0 saturated carbocycles. The van der Waals surface area contributed by atoms with Crippen LogP contribution in [0.25, 0.3) is 11.3 Å². The van der Waals surface area contributed by atoms with Gasteiger partial charge in [0.25, 0.3) is 11.4 Å². The molecule has 0 spiro atoms. The van der Waals surface area contributed by atoms with Gasteiger partial charge < -0.3 is 19.4 Å². The Morgan fingerprint density at radius 2 is 1.69 bits per heavy atom. The summed E-state index contributed by atoms with van der Waals surface area (Å²) < 4.78 is 11.6. The number of carbonyl (C=O) groups is 3. The SMILES string of the molecule is COC(=O)Nc1ncc(-c2ccccc2)n(CC(=O)N[C@H](C(=O)c2nnc(C(C)(C)c3ccc(N(C)C)cc3)o2)C(C)C)c1=O. The first-order chi connectivity index (χ1) is 21.3. The lowest BCUT2D eigenvalue weighted by atomic mass is 9.84. The Hall–Kier alpha value is -5.33. The number of methoxy groups -OCH3 is 1. The van der Waals surface area contributed by atoms with Gasteiger partial charge in [-0.05, 0) is 43.0 Å². The summed E-state index contributed by atoms with van der Waals surface area (Å²) in [5, 5.41) is 13.2. The summed E-state index contributed by atoms with van der Waals surface area (Å²) in [6.07, 6.45) is 0.483. The Labute approximate surface area is 260 Å². The normalized spacial score (nSPS) is 12.0. The first-order valence-corrected chi connectivity index (χ1v) is 14.3. The highest BCUT2D eigenvalue weighted by atomic mass is 16.5. The van der Waals surface area contributed by atoms with Gasteiger partial charge in [-0.1, -0.05) is 56.3 Å². The predicted molar refractivity (Wildman–Crippen MR) is 168 cm³/mol. The summed E-state index contributed by atoms with van der Waals surface area (Å²) in [5.74, 6) is -1.85. The molecular formula is C32H37N7O6. The van der Waals surface area contributed by atoms with Crippen molar-refractivity contribution in [3.8, 4) is 11.3 Å². The third-order valence-electron chi connectivity index (χ3n) is 7.37. The predicted octanol–water partition coefficient (Wildman–Crippen LogP) is 3.89. The summed E-state index contributed by atoms with van der Waals surface area (Å²) in [6, 6.07) is 15.7. The minimum atomic E-state index is -1.03. The van der Waals surface area contributed by atoms with Gasteiger partial charge in [0.05, 0.1) is 30.5 Å². The number of nitrogens with one attached hydrogen (secondary N) is 2. The van der Waals surface area contributed by atoms with Gasteiger partial charge in [-0.2, -0.15) is 0 Å². The van der Waals surface area contributed by atoms with Crippen molar-refractivity contribution in [2.75, 3.05) is 31.4 Å². The number of nitrogens with zero attached hydrogens (tertiary/aromatic N) is 5. The van der Waals surface area contributed by atoms with Crippen molar-refractivity contribution in [3.63, 3.8) is 0 Å². The van der Waals surface area contributed by atoms with Crippen molar-refractivity contribution in [2.45, 2.75) is 45.7 Å². The second kappa shape index (κ2) is 13.5. The van der Waals surface area contributed by atoms with Crippen LogP contribution in [0.4, 0.5) is 16.3 Å². The number of ketones is 1. The Bertz CT molecular complexity index is 1730. The van der Waals surface area contributed by atoms with Crippen molar-refractivity contribution in [1.29, 1.82) is 0 Å². The molecule has 0 aliphatic carbocycles. The summed E-state index contributed by atoms with van der Waals surface area (Å²) in [7, 11) is 5.06. The molecule has 4 rings (SSSR count). The van der Waals surface area contributed by atoms with Crippen LogP contribution in [0.1, 0.15) is 49.8 Å². The fraction of sp³-hybridized carbons (Fsp3) is 0.344. The minimum Gasteiger partial charge on any atom is -0.453 e. The zero-order valence-electron chi connectivity index (χ0n) is 26.3. The number of anilines is 2. The number of amides is 2. The van der Waals surface area contributed by atoms with Crippen LogP contribution < -0.4 is 21.1 Å². The smallest absolute Gasteiger partial charge is 0.412 e. The van der Waals surface area contributed by atoms with Crippen LogP contribution in [-0.4, -0.2) is 64.8 Å². The lowest BCUT2D eigenvalue weighted by molar-refractivity contribution is -0.122. The van der Waals surface area contributed by atoms with Crippen molar-refractivity contribution in [1.82, 2.24) is 25.1 Å². The average Bonchev–Trinajstić information content (AvgIpc) is 3.53. The zero-order chi connectivity index (χ0) is 32.9. The summed E-state index contributed by atoms with van der Waals surface area (Å²) in [6.45, 7) is 6.90. The maximum absolute atomic E-state index is 13.6. The number of aromatic nitrogens is 4. The third kappa shape index (κ3) is 7.25. The van der Waals surface area contributed by atoms with Gasteiger partial charge >= 0.3 is 6.09 Å². The fourth-order valence-corrected chi connectivity index (χ4v) is 4.62. The maximum atomic E-state index is 13.6. The first-order valence-electron chi connectivity index (χ1n) is 14.3. The second-order valence-corrected chi connectivity index (χ2v) is 11.5. The number of Topliss-reactive ketones (excluding diaryl/α,β-unsaturated/α-hetero) is 1. The topological polar surface area (TPSA) is 162 Å². The Morgan fingerprint density at radius 1 is 1.02 bits per heavy atom. The number of hydrogen-bond acceptors (Lipinski definition) is 10. The number of carbonyl (C=O) groups excluding carboxylic acids is 3. The molecule has 0 unspecified atom stereocenters. The van der Waals surface area contributed by atoms with E-state index in [1.165, 1.54) is 10.8 Å². The molecule has 13 nitrogen and oxygen atoms in total. The van der Waals surface area contributed by atoms with E-state index in [-0.39, 0.29) is 23.5 Å². The monoisotopic (exact) mass is 615 g/mol. The van der Waals surface area contributed by atoms with Crippen LogP contribution in [0.3, 0.4) is 0 Å². The van der Waals surface area contributed by atoms with Crippen LogP contribution >= 0.6 is 0 Å². The highest BCUT2D eigenvalue weighted by molar-refractivity contribution is 5.98. The standard InChI is InChI=1S/C32H37N7O6/c1-19(2)25(26(41)28-36-37-30(45-28)32(3,4)21-13-15-22(16-14-21)38(5)6)34-24(40)18-39-23(20-11-9-8-10-12-20)17-33-27(29(39)42)35-31(43)44-7/h8-17,19,25H,18H2,1-7H3,(H,34,40)(H,33,35,43)/t25-/m0/s1. The molecule has 0 bridgehead atoms. The molecule has 0 radical (unpaired) electrons. The van der Waals surface area contributed by atoms with Crippen LogP contribution in [0, 0.1) is 5.92 Å². The molecule has 2 heterocycles. The van der Waals surface area contributed by atoms with E-state index in [4.69, 9.17) is 4.42 Å². The Kier molecular flexibility index (Phi) is 9.80. The van der Waals surface area contributed by atoms with Gasteiger partial charge in [0.2, 0.25) is 23.4 Å². The Balaban J connectivity index is 1.58. The third-order valence-corrected chi connectivity index (χ3v) is 7.37. The molecule has 45 heavy (non-hydrogen) atoms. The number of rotatable bonds is 11. The summed E-state index contributed by atoms with van der Waals surface area (Å²) >= 11 is 0. The van der Waals surface area contributed by atoms with Gasteiger partial charge in [0.1, 0.15) is 6.54 Å². The summed E-state index contributed by atoms with van der Waals surface area (Å²) in [5.41, 5.74) is 1.48. The fourth-order valence-electron chi connectivity index (χ4n) is 4.62. The molecule has 0 aliphatic rings. The van der Waals surface area contributed by atoms with Crippen LogP contribution in [0.2, 0.25) is 0 Å². The molecule has 0 fully saturated rings. The van der Waals surface area contributed by atoms with Crippen LogP contribution in [-0.2, 0) is 21.5 Å².